The van der Waals surface area contributed by atoms with Crippen LogP contribution >= 0.6 is 0 Å². The summed E-state index contributed by atoms with van der Waals surface area (Å²) in [6, 6.07) is 0.497. The van der Waals surface area contributed by atoms with Gasteiger partial charge in [0.15, 0.2) is 0 Å². The molecule has 0 aromatic heterocycles. The van der Waals surface area contributed by atoms with Gasteiger partial charge in [-0.1, -0.05) is 13.8 Å². The van der Waals surface area contributed by atoms with Crippen LogP contribution in [0.4, 0.5) is 0 Å². The van der Waals surface area contributed by atoms with Gasteiger partial charge < -0.3 is 11.5 Å². The molecule has 4 nitrogen and oxygen atoms in total. The van der Waals surface area contributed by atoms with E-state index in [0.29, 0.717) is 12.0 Å². The van der Waals surface area contributed by atoms with Gasteiger partial charge in [-0.15, -0.1) is 0 Å². The van der Waals surface area contributed by atoms with Crippen molar-refractivity contribution in [2.24, 2.45) is 17.4 Å². The lowest BCUT2D eigenvalue weighted by Gasteiger charge is -2.19. The lowest BCUT2D eigenvalue weighted by molar-refractivity contribution is 0.363. The zero-order chi connectivity index (χ0) is 11.5. The Balaban J connectivity index is 3.41. The van der Waals surface area contributed by atoms with Gasteiger partial charge in [0, 0.05) is 12.6 Å². The van der Waals surface area contributed by atoms with E-state index in [1.54, 1.807) is 0 Å². The molecule has 92 valence electrons. The number of nitrogens with two attached hydrogens (primary N) is 2. The van der Waals surface area contributed by atoms with Crippen molar-refractivity contribution in [3.8, 4) is 0 Å². The third-order valence-electron chi connectivity index (χ3n) is 2.67. The maximum atomic E-state index is 5.52. The minimum absolute atomic E-state index is 0.497. The highest BCUT2D eigenvalue weighted by Crippen LogP contribution is 2.02. The van der Waals surface area contributed by atoms with Crippen LogP contribution in [0.5, 0.6) is 0 Å². The highest BCUT2D eigenvalue weighted by atomic mass is 15.4. The van der Waals surface area contributed by atoms with Crippen LogP contribution in [0, 0.1) is 5.92 Å². The van der Waals surface area contributed by atoms with Crippen LogP contribution in [0.1, 0.15) is 39.5 Å². The van der Waals surface area contributed by atoms with Gasteiger partial charge in [0.1, 0.15) is 0 Å². The molecule has 0 saturated carbocycles. The minimum atomic E-state index is 0.497. The first kappa shape index (κ1) is 14.8. The Kier molecular flexibility index (Phi) is 10.3. The SMILES string of the molecule is CCC(CCN)NNCC(C)CCCN. The molecule has 0 radical (unpaired) electrons. The number of hydrazine groups is 1. The van der Waals surface area contributed by atoms with Crippen LogP contribution in [-0.4, -0.2) is 25.7 Å². The normalized spacial score (nSPS) is 15.2. The molecule has 2 atom stereocenters. The van der Waals surface area contributed by atoms with Crippen molar-refractivity contribution < 1.29 is 0 Å². The third kappa shape index (κ3) is 8.81. The van der Waals surface area contributed by atoms with E-state index in [1.165, 1.54) is 6.42 Å². The average molecular weight is 216 g/mol. The maximum Gasteiger partial charge on any atom is 0.0222 e. The smallest absolute Gasteiger partial charge is 0.0222 e. The standard InChI is InChI=1S/C11H28N4/c1-3-11(6-8-13)15-14-9-10(2)5-4-7-12/h10-11,14-15H,3-9,12-13H2,1-2H3. The molecule has 0 heterocycles. The van der Waals surface area contributed by atoms with Gasteiger partial charge in [-0.2, -0.15) is 0 Å². The minimum Gasteiger partial charge on any atom is -0.330 e. The Morgan fingerprint density at radius 1 is 1.13 bits per heavy atom. The van der Waals surface area contributed by atoms with E-state index in [2.05, 4.69) is 24.7 Å². The van der Waals surface area contributed by atoms with Crippen molar-refractivity contribution in [3.63, 3.8) is 0 Å². The van der Waals surface area contributed by atoms with Crippen LogP contribution in [0.15, 0.2) is 0 Å². The summed E-state index contributed by atoms with van der Waals surface area (Å²) in [5, 5.41) is 0. The molecule has 0 spiro atoms. The second kappa shape index (κ2) is 10.4. The first-order valence-electron chi connectivity index (χ1n) is 6.13. The molecule has 0 amide bonds. The Labute approximate surface area is 94.1 Å². The molecule has 0 aromatic rings. The Hall–Kier alpha value is -0.160. The Bertz CT molecular complexity index is 130. The molecule has 0 fully saturated rings. The van der Waals surface area contributed by atoms with Crippen LogP contribution in [-0.2, 0) is 0 Å². The lowest BCUT2D eigenvalue weighted by Crippen LogP contribution is -2.43. The highest BCUT2D eigenvalue weighted by Gasteiger charge is 2.05. The number of nitrogens with one attached hydrogen (secondary N) is 2. The fraction of sp³-hybridized carbons (Fsp3) is 1.00. The maximum absolute atomic E-state index is 5.52. The molecular weight excluding hydrogens is 188 g/mol. The summed E-state index contributed by atoms with van der Waals surface area (Å²) in [6.45, 7) is 6.96. The molecule has 4 heteroatoms. The Morgan fingerprint density at radius 2 is 1.87 bits per heavy atom. The van der Waals surface area contributed by atoms with E-state index in [9.17, 15) is 0 Å². The molecule has 0 aliphatic rings. The molecule has 0 aromatic carbocycles. The molecule has 0 saturated heterocycles. The van der Waals surface area contributed by atoms with Gasteiger partial charge in [-0.25, -0.2) is 0 Å². The van der Waals surface area contributed by atoms with E-state index in [1.807, 2.05) is 0 Å². The van der Waals surface area contributed by atoms with Crippen LogP contribution in [0.3, 0.4) is 0 Å². The Morgan fingerprint density at radius 3 is 2.40 bits per heavy atom. The first-order chi connectivity index (χ1) is 7.24. The largest absolute Gasteiger partial charge is 0.330 e. The van der Waals surface area contributed by atoms with E-state index in [-0.39, 0.29) is 0 Å². The molecule has 0 aliphatic heterocycles. The first-order valence-corrected chi connectivity index (χ1v) is 6.13. The van der Waals surface area contributed by atoms with Gasteiger partial charge in [-0.05, 0) is 44.7 Å². The third-order valence-corrected chi connectivity index (χ3v) is 2.67. The van der Waals surface area contributed by atoms with Gasteiger partial charge in [0.05, 0.1) is 0 Å². The topological polar surface area (TPSA) is 76.1 Å². The van der Waals surface area contributed by atoms with E-state index < -0.39 is 0 Å². The van der Waals surface area contributed by atoms with Gasteiger partial charge >= 0.3 is 0 Å². The van der Waals surface area contributed by atoms with E-state index in [0.717, 1.165) is 38.9 Å². The zero-order valence-electron chi connectivity index (χ0n) is 10.3. The summed E-state index contributed by atoms with van der Waals surface area (Å²) in [7, 11) is 0. The van der Waals surface area contributed by atoms with Crippen molar-refractivity contribution >= 4 is 0 Å². The van der Waals surface area contributed by atoms with Crippen molar-refractivity contribution in [3.05, 3.63) is 0 Å². The predicted molar refractivity (Wildman–Crippen MR) is 66.3 cm³/mol. The van der Waals surface area contributed by atoms with Crippen LogP contribution < -0.4 is 22.3 Å². The summed E-state index contributed by atoms with van der Waals surface area (Å²) in [6.07, 6.45) is 4.45. The predicted octanol–water partition coefficient (Wildman–Crippen LogP) is 0.583. The van der Waals surface area contributed by atoms with Gasteiger partial charge in [0.25, 0.3) is 0 Å². The molecule has 6 N–H and O–H groups in total. The molecule has 0 aliphatic carbocycles. The zero-order valence-corrected chi connectivity index (χ0v) is 10.3. The van der Waals surface area contributed by atoms with Crippen LogP contribution in [0.2, 0.25) is 0 Å². The lowest BCUT2D eigenvalue weighted by atomic mass is 10.1. The number of rotatable bonds is 10. The summed E-state index contributed by atoms with van der Waals surface area (Å²) < 4.78 is 0. The quantitative estimate of drug-likeness (QED) is 0.403. The number of hydrogen-bond acceptors (Lipinski definition) is 4. The van der Waals surface area contributed by atoms with Gasteiger partial charge in [-0.3, -0.25) is 10.9 Å². The summed E-state index contributed by atoms with van der Waals surface area (Å²) in [5.74, 6) is 0.677. The van der Waals surface area contributed by atoms with E-state index >= 15 is 0 Å². The molecule has 15 heavy (non-hydrogen) atoms. The van der Waals surface area contributed by atoms with Gasteiger partial charge in [0.2, 0.25) is 0 Å². The highest BCUT2D eigenvalue weighted by molar-refractivity contribution is 4.63. The number of hydrogen-bond donors (Lipinski definition) is 4. The second-order valence-corrected chi connectivity index (χ2v) is 4.24. The monoisotopic (exact) mass is 216 g/mol. The second-order valence-electron chi connectivity index (χ2n) is 4.24. The average Bonchev–Trinajstić information content (AvgIpc) is 2.25. The summed E-state index contributed by atoms with van der Waals surface area (Å²) in [5.41, 5.74) is 17.6. The molecule has 2 unspecified atom stereocenters. The van der Waals surface area contributed by atoms with E-state index in [4.69, 9.17) is 11.5 Å². The fourth-order valence-corrected chi connectivity index (χ4v) is 1.53. The van der Waals surface area contributed by atoms with Crippen LogP contribution in [0.25, 0.3) is 0 Å². The molecule has 0 rings (SSSR count). The van der Waals surface area contributed by atoms with Crippen molar-refractivity contribution in [2.75, 3.05) is 19.6 Å². The molecule has 0 bridgehead atoms. The van der Waals surface area contributed by atoms with Crippen molar-refractivity contribution in [1.29, 1.82) is 0 Å². The summed E-state index contributed by atoms with van der Waals surface area (Å²) in [4.78, 5) is 0. The fourth-order valence-electron chi connectivity index (χ4n) is 1.53. The van der Waals surface area contributed by atoms with Crippen molar-refractivity contribution in [1.82, 2.24) is 10.9 Å². The molecular formula is C11H28N4. The summed E-state index contributed by atoms with van der Waals surface area (Å²) >= 11 is 0. The van der Waals surface area contributed by atoms with Crippen molar-refractivity contribution in [2.45, 2.75) is 45.6 Å².